The maximum atomic E-state index is 11.5. The van der Waals surface area contributed by atoms with E-state index in [4.69, 9.17) is 4.74 Å². The highest BCUT2D eigenvalue weighted by Crippen LogP contribution is 2.15. The molecule has 0 amide bonds. The Balaban J connectivity index is 1.94. The van der Waals surface area contributed by atoms with E-state index in [1.54, 1.807) is 0 Å². The van der Waals surface area contributed by atoms with Gasteiger partial charge in [0.15, 0.2) is 5.78 Å². The lowest BCUT2D eigenvalue weighted by atomic mass is 10.1. The van der Waals surface area contributed by atoms with Crippen LogP contribution in [0.2, 0.25) is 0 Å². The number of hydrogen-bond donors (Lipinski definition) is 0. The number of carbonyl (C=O) groups excluding carboxylic acids is 1. The van der Waals surface area contributed by atoms with Crippen LogP contribution in [-0.4, -0.2) is 5.78 Å². The number of aryl methyl sites for hydroxylation is 1. The van der Waals surface area contributed by atoms with Gasteiger partial charge in [-0.25, -0.2) is 0 Å². The molecular formula is C18H20O2. The molecule has 0 N–H and O–H groups in total. The minimum absolute atomic E-state index is 0.159. The lowest BCUT2D eigenvalue weighted by Crippen LogP contribution is -1.98. The van der Waals surface area contributed by atoms with Crippen LogP contribution in [0.15, 0.2) is 48.5 Å². The summed E-state index contributed by atoms with van der Waals surface area (Å²) in [5, 5.41) is 0. The highest BCUT2D eigenvalue weighted by atomic mass is 16.5. The average molecular weight is 268 g/mol. The summed E-state index contributed by atoms with van der Waals surface area (Å²) < 4.78 is 5.72. The summed E-state index contributed by atoms with van der Waals surface area (Å²) in [6.07, 6.45) is 1.58. The molecule has 0 atom stereocenters. The number of Topliss-reactive ketones (excluding diaryl/α,β-unsaturated/α-hetero) is 1. The normalized spacial score (nSPS) is 10.3. The Labute approximate surface area is 120 Å². The van der Waals surface area contributed by atoms with Gasteiger partial charge < -0.3 is 4.74 Å². The minimum Gasteiger partial charge on any atom is -0.489 e. The van der Waals surface area contributed by atoms with Crippen LogP contribution in [0.4, 0.5) is 0 Å². The molecule has 104 valence electrons. The Morgan fingerprint density at radius 2 is 1.50 bits per heavy atom. The molecule has 2 nitrogen and oxygen atoms in total. The number of benzene rings is 2. The van der Waals surface area contributed by atoms with Crippen molar-refractivity contribution in [3.8, 4) is 5.75 Å². The summed E-state index contributed by atoms with van der Waals surface area (Å²) in [6.45, 7) is 4.56. The first kappa shape index (κ1) is 14.3. The summed E-state index contributed by atoms with van der Waals surface area (Å²) >= 11 is 0. The minimum atomic E-state index is 0.159. The van der Waals surface area contributed by atoms with Crippen LogP contribution in [0.5, 0.6) is 5.75 Å². The zero-order valence-corrected chi connectivity index (χ0v) is 12.1. The third-order valence-electron chi connectivity index (χ3n) is 3.33. The van der Waals surface area contributed by atoms with Crippen LogP contribution in [0.3, 0.4) is 0 Å². The van der Waals surface area contributed by atoms with Crippen molar-refractivity contribution >= 4 is 5.78 Å². The van der Waals surface area contributed by atoms with E-state index in [0.29, 0.717) is 13.0 Å². The molecule has 0 spiro atoms. The molecule has 0 aromatic heterocycles. The van der Waals surface area contributed by atoms with Gasteiger partial charge in [0, 0.05) is 12.0 Å². The average Bonchev–Trinajstić information content (AvgIpc) is 2.53. The lowest BCUT2D eigenvalue weighted by molar-refractivity contribution is 0.0988. The monoisotopic (exact) mass is 268 g/mol. The first-order valence-electron chi connectivity index (χ1n) is 7.06. The lowest BCUT2D eigenvalue weighted by Gasteiger charge is -2.07. The van der Waals surface area contributed by atoms with Crippen molar-refractivity contribution in [2.45, 2.75) is 33.3 Å². The predicted molar refractivity (Wildman–Crippen MR) is 81.2 cm³/mol. The Morgan fingerprint density at radius 3 is 2.05 bits per heavy atom. The molecule has 0 bridgehead atoms. The van der Waals surface area contributed by atoms with Gasteiger partial charge in [-0.2, -0.15) is 0 Å². The SMILES string of the molecule is CCC(=O)c1ccc(OCc2ccc(CC)cc2)cc1. The van der Waals surface area contributed by atoms with E-state index in [-0.39, 0.29) is 5.78 Å². The van der Waals surface area contributed by atoms with E-state index in [0.717, 1.165) is 23.3 Å². The van der Waals surface area contributed by atoms with Crippen LogP contribution >= 0.6 is 0 Å². The molecule has 2 heteroatoms. The molecule has 2 aromatic carbocycles. The van der Waals surface area contributed by atoms with E-state index in [1.807, 2.05) is 31.2 Å². The van der Waals surface area contributed by atoms with Crippen LogP contribution in [0, 0.1) is 0 Å². The van der Waals surface area contributed by atoms with Crippen molar-refractivity contribution in [3.05, 3.63) is 65.2 Å². The Hall–Kier alpha value is -2.09. The van der Waals surface area contributed by atoms with Gasteiger partial charge >= 0.3 is 0 Å². The highest BCUT2D eigenvalue weighted by Gasteiger charge is 2.03. The summed E-state index contributed by atoms with van der Waals surface area (Å²) in [6, 6.07) is 15.8. The second-order valence-corrected chi connectivity index (χ2v) is 4.76. The molecule has 0 unspecified atom stereocenters. The Morgan fingerprint density at radius 1 is 0.900 bits per heavy atom. The largest absolute Gasteiger partial charge is 0.489 e. The van der Waals surface area contributed by atoms with E-state index in [9.17, 15) is 4.79 Å². The quantitative estimate of drug-likeness (QED) is 0.725. The van der Waals surface area contributed by atoms with Crippen molar-refractivity contribution in [3.63, 3.8) is 0 Å². The predicted octanol–water partition coefficient (Wildman–Crippen LogP) is 4.42. The van der Waals surface area contributed by atoms with E-state index in [1.165, 1.54) is 5.56 Å². The van der Waals surface area contributed by atoms with Gasteiger partial charge in [0.1, 0.15) is 12.4 Å². The molecule has 0 aliphatic carbocycles. The molecule has 0 saturated heterocycles. The molecule has 0 aliphatic rings. The fraction of sp³-hybridized carbons (Fsp3) is 0.278. The molecule has 0 saturated carbocycles. The van der Waals surface area contributed by atoms with Gasteiger partial charge in [-0.15, -0.1) is 0 Å². The highest BCUT2D eigenvalue weighted by molar-refractivity contribution is 5.95. The maximum absolute atomic E-state index is 11.5. The fourth-order valence-electron chi connectivity index (χ4n) is 1.98. The summed E-state index contributed by atoms with van der Waals surface area (Å²) in [5.41, 5.74) is 3.22. The van der Waals surface area contributed by atoms with Gasteiger partial charge in [-0.1, -0.05) is 38.1 Å². The summed E-state index contributed by atoms with van der Waals surface area (Å²) in [7, 11) is 0. The Bertz CT molecular complexity index is 553. The topological polar surface area (TPSA) is 26.3 Å². The molecular weight excluding hydrogens is 248 g/mol. The van der Waals surface area contributed by atoms with Crippen LogP contribution in [-0.2, 0) is 13.0 Å². The molecule has 0 aliphatic heterocycles. The van der Waals surface area contributed by atoms with Crippen LogP contribution in [0.1, 0.15) is 41.8 Å². The van der Waals surface area contributed by atoms with Crippen molar-refractivity contribution in [1.82, 2.24) is 0 Å². The number of rotatable bonds is 6. The van der Waals surface area contributed by atoms with Gasteiger partial charge in [-0.3, -0.25) is 4.79 Å². The van der Waals surface area contributed by atoms with Crippen molar-refractivity contribution in [2.75, 3.05) is 0 Å². The second-order valence-electron chi connectivity index (χ2n) is 4.76. The first-order valence-corrected chi connectivity index (χ1v) is 7.06. The number of ketones is 1. The number of carbonyl (C=O) groups is 1. The number of ether oxygens (including phenoxy) is 1. The van der Waals surface area contributed by atoms with Gasteiger partial charge in [0.05, 0.1) is 0 Å². The van der Waals surface area contributed by atoms with Crippen LogP contribution < -0.4 is 4.74 Å². The van der Waals surface area contributed by atoms with E-state index in [2.05, 4.69) is 31.2 Å². The second kappa shape index (κ2) is 6.90. The summed E-state index contributed by atoms with van der Waals surface area (Å²) in [5.74, 6) is 0.948. The number of hydrogen-bond acceptors (Lipinski definition) is 2. The molecule has 2 rings (SSSR count). The Kier molecular flexibility index (Phi) is 4.94. The zero-order chi connectivity index (χ0) is 14.4. The smallest absolute Gasteiger partial charge is 0.162 e. The summed E-state index contributed by atoms with van der Waals surface area (Å²) in [4.78, 5) is 11.5. The van der Waals surface area contributed by atoms with Gasteiger partial charge in [0.25, 0.3) is 0 Å². The maximum Gasteiger partial charge on any atom is 0.162 e. The van der Waals surface area contributed by atoms with Gasteiger partial charge in [-0.05, 0) is 41.8 Å². The third kappa shape index (κ3) is 3.70. The fourth-order valence-corrected chi connectivity index (χ4v) is 1.98. The van der Waals surface area contributed by atoms with Gasteiger partial charge in [0.2, 0.25) is 0 Å². The van der Waals surface area contributed by atoms with Crippen molar-refractivity contribution in [2.24, 2.45) is 0 Å². The van der Waals surface area contributed by atoms with E-state index >= 15 is 0 Å². The standard InChI is InChI=1S/C18H20O2/c1-3-14-5-7-15(8-6-14)13-20-17-11-9-16(10-12-17)18(19)4-2/h5-12H,3-4,13H2,1-2H3. The van der Waals surface area contributed by atoms with Crippen LogP contribution in [0.25, 0.3) is 0 Å². The molecule has 0 fully saturated rings. The van der Waals surface area contributed by atoms with Crippen molar-refractivity contribution in [1.29, 1.82) is 0 Å². The van der Waals surface area contributed by atoms with E-state index < -0.39 is 0 Å². The van der Waals surface area contributed by atoms with Crippen molar-refractivity contribution < 1.29 is 9.53 Å². The molecule has 20 heavy (non-hydrogen) atoms. The zero-order valence-electron chi connectivity index (χ0n) is 12.1. The molecule has 0 heterocycles. The first-order chi connectivity index (χ1) is 9.72. The third-order valence-corrected chi connectivity index (χ3v) is 3.33. The molecule has 2 aromatic rings. The molecule has 0 radical (unpaired) electrons.